The van der Waals surface area contributed by atoms with Crippen molar-refractivity contribution in [3.05, 3.63) is 12.4 Å². The normalized spacial score (nSPS) is 21.9. The molecule has 2 aliphatic rings. The van der Waals surface area contributed by atoms with Gasteiger partial charge in [0.05, 0.1) is 0 Å². The van der Waals surface area contributed by atoms with Crippen molar-refractivity contribution in [2.75, 3.05) is 49.1 Å². The van der Waals surface area contributed by atoms with E-state index < -0.39 is 0 Å². The summed E-state index contributed by atoms with van der Waals surface area (Å²) in [6.07, 6.45) is 8.42. The number of amides is 2. The highest BCUT2D eigenvalue weighted by atomic mass is 16.2. The molecule has 166 valence electrons. The maximum absolute atomic E-state index is 11.1. The van der Waals surface area contributed by atoms with E-state index in [1.54, 1.807) is 20.2 Å². The second-order valence-corrected chi connectivity index (χ2v) is 8.69. The number of carbonyl (C=O) groups is 2. The fourth-order valence-corrected chi connectivity index (χ4v) is 4.61. The number of nitrogens with one attached hydrogen (secondary N) is 2. The Morgan fingerprint density at radius 1 is 0.900 bits per heavy atom. The monoisotopic (exact) mass is 416 g/mol. The van der Waals surface area contributed by atoms with Crippen LogP contribution < -0.4 is 20.4 Å². The smallest absolute Gasteiger partial charge is 0.216 e. The molecule has 2 amide bonds. The Kier molecular flexibility index (Phi) is 8.28. The first-order chi connectivity index (χ1) is 14.5. The molecule has 0 aromatic carbocycles. The summed E-state index contributed by atoms with van der Waals surface area (Å²) >= 11 is 0. The lowest BCUT2D eigenvalue weighted by atomic mass is 9.94. The lowest BCUT2D eigenvalue weighted by molar-refractivity contribution is -0.119. The van der Waals surface area contributed by atoms with Crippen molar-refractivity contribution in [1.29, 1.82) is 0 Å². The number of hydrogen-bond donors (Lipinski definition) is 2. The average molecular weight is 417 g/mol. The molecule has 2 fully saturated rings. The highest BCUT2D eigenvalue weighted by molar-refractivity contribution is 5.73. The molecule has 2 N–H and O–H groups in total. The van der Waals surface area contributed by atoms with Crippen molar-refractivity contribution in [1.82, 2.24) is 20.6 Å². The van der Waals surface area contributed by atoms with Crippen LogP contribution in [0.3, 0.4) is 0 Å². The zero-order chi connectivity index (χ0) is 21.3. The summed E-state index contributed by atoms with van der Waals surface area (Å²) in [5, 5.41) is 5.82. The average Bonchev–Trinajstić information content (AvgIpc) is 2.74. The predicted octanol–water partition coefficient (Wildman–Crippen LogP) is 1.96. The van der Waals surface area contributed by atoms with Gasteiger partial charge in [-0.15, -0.1) is 0 Å². The molecule has 0 bridgehead atoms. The van der Waals surface area contributed by atoms with E-state index in [4.69, 9.17) is 0 Å². The third-order valence-corrected chi connectivity index (χ3v) is 6.18. The number of piperidine rings is 2. The molecule has 1 aromatic heterocycles. The molecule has 2 unspecified atom stereocenters. The predicted molar refractivity (Wildman–Crippen MR) is 119 cm³/mol. The van der Waals surface area contributed by atoms with Gasteiger partial charge in [0.25, 0.3) is 0 Å². The van der Waals surface area contributed by atoms with E-state index in [1.165, 1.54) is 12.8 Å². The summed E-state index contributed by atoms with van der Waals surface area (Å²) < 4.78 is 0. The molecule has 1 aromatic rings. The highest BCUT2D eigenvalue weighted by Gasteiger charge is 2.24. The number of hydrogen-bond acceptors (Lipinski definition) is 6. The van der Waals surface area contributed by atoms with Crippen molar-refractivity contribution >= 4 is 23.5 Å². The van der Waals surface area contributed by atoms with Gasteiger partial charge in [-0.2, -0.15) is 0 Å². The molecule has 2 atom stereocenters. The minimum Gasteiger partial charge on any atom is -0.356 e. The van der Waals surface area contributed by atoms with E-state index in [-0.39, 0.29) is 11.8 Å². The molecule has 0 radical (unpaired) electrons. The first kappa shape index (κ1) is 22.3. The minimum atomic E-state index is 0.0417. The van der Waals surface area contributed by atoms with E-state index in [2.05, 4.69) is 36.5 Å². The first-order valence-corrected chi connectivity index (χ1v) is 11.3. The molecule has 0 aliphatic carbocycles. The Balaban J connectivity index is 1.55. The van der Waals surface area contributed by atoms with Crippen LogP contribution in [0, 0.1) is 11.8 Å². The summed E-state index contributed by atoms with van der Waals surface area (Å²) in [7, 11) is 0. The SMILES string of the molecule is CC(=O)NCCC1CCCN(c2cc(N3CCCC(CCNC(C)=O)C3)ncn2)C1. The van der Waals surface area contributed by atoms with Crippen LogP contribution in [0.1, 0.15) is 52.4 Å². The molecule has 2 aliphatic heterocycles. The Labute approximate surface area is 179 Å². The van der Waals surface area contributed by atoms with Crippen molar-refractivity contribution in [3.8, 4) is 0 Å². The fourth-order valence-electron chi connectivity index (χ4n) is 4.61. The fraction of sp³-hybridized carbons (Fsp3) is 0.727. The molecule has 8 heteroatoms. The summed E-state index contributed by atoms with van der Waals surface area (Å²) in [4.78, 5) is 36.1. The summed E-state index contributed by atoms with van der Waals surface area (Å²) in [5.74, 6) is 3.25. The molecule has 8 nitrogen and oxygen atoms in total. The van der Waals surface area contributed by atoms with Crippen LogP contribution >= 0.6 is 0 Å². The minimum absolute atomic E-state index is 0.0417. The van der Waals surface area contributed by atoms with Gasteiger partial charge in [0.2, 0.25) is 11.8 Å². The maximum atomic E-state index is 11.1. The second kappa shape index (κ2) is 11.1. The quantitative estimate of drug-likeness (QED) is 0.673. The van der Waals surface area contributed by atoms with Crippen LogP contribution in [0.25, 0.3) is 0 Å². The zero-order valence-electron chi connectivity index (χ0n) is 18.4. The standard InChI is InChI=1S/C22H36N6O2/c1-17(29)23-9-7-19-5-3-11-27(14-19)21-13-22(26-16-25-21)28-12-4-6-20(15-28)8-10-24-18(2)30/h13,16,19-20H,3-12,14-15H2,1-2H3,(H,23,29)(H,24,30). The van der Waals surface area contributed by atoms with Crippen LogP contribution in [0.15, 0.2) is 12.4 Å². The van der Waals surface area contributed by atoms with Crippen LogP contribution in [0.5, 0.6) is 0 Å². The summed E-state index contributed by atoms with van der Waals surface area (Å²) in [6, 6.07) is 2.13. The first-order valence-electron chi connectivity index (χ1n) is 11.3. The maximum Gasteiger partial charge on any atom is 0.216 e. The van der Waals surface area contributed by atoms with Crippen molar-refractivity contribution in [2.24, 2.45) is 11.8 Å². The van der Waals surface area contributed by atoms with Crippen LogP contribution in [0.2, 0.25) is 0 Å². The van der Waals surface area contributed by atoms with Gasteiger partial charge in [0, 0.05) is 59.2 Å². The van der Waals surface area contributed by atoms with Crippen molar-refractivity contribution in [3.63, 3.8) is 0 Å². The van der Waals surface area contributed by atoms with E-state index >= 15 is 0 Å². The number of rotatable bonds is 8. The lowest BCUT2D eigenvalue weighted by Gasteiger charge is -2.36. The van der Waals surface area contributed by atoms with E-state index in [0.717, 1.165) is 76.6 Å². The summed E-state index contributed by atoms with van der Waals surface area (Å²) in [5.41, 5.74) is 0. The van der Waals surface area contributed by atoms with Gasteiger partial charge in [0.15, 0.2) is 0 Å². The van der Waals surface area contributed by atoms with Crippen LogP contribution in [-0.2, 0) is 9.59 Å². The largest absolute Gasteiger partial charge is 0.356 e. The topological polar surface area (TPSA) is 90.5 Å². The van der Waals surface area contributed by atoms with E-state index in [9.17, 15) is 9.59 Å². The molecule has 3 rings (SSSR count). The number of anilines is 2. The molecule has 0 saturated carbocycles. The Morgan fingerprint density at radius 2 is 1.37 bits per heavy atom. The van der Waals surface area contributed by atoms with Gasteiger partial charge < -0.3 is 20.4 Å². The van der Waals surface area contributed by atoms with Crippen LogP contribution in [0.4, 0.5) is 11.6 Å². The van der Waals surface area contributed by atoms with Gasteiger partial charge in [-0.1, -0.05) is 0 Å². The molecule has 0 spiro atoms. The van der Waals surface area contributed by atoms with Gasteiger partial charge in [-0.05, 0) is 50.4 Å². The van der Waals surface area contributed by atoms with E-state index in [0.29, 0.717) is 11.8 Å². The third-order valence-electron chi connectivity index (χ3n) is 6.18. The molecule has 30 heavy (non-hydrogen) atoms. The number of aromatic nitrogens is 2. The lowest BCUT2D eigenvalue weighted by Crippen LogP contribution is -2.39. The molecule has 3 heterocycles. The van der Waals surface area contributed by atoms with Crippen LogP contribution in [-0.4, -0.2) is 61.1 Å². The third kappa shape index (κ3) is 6.85. The zero-order valence-corrected chi connectivity index (χ0v) is 18.4. The number of carbonyl (C=O) groups excluding carboxylic acids is 2. The Bertz CT molecular complexity index is 657. The second-order valence-electron chi connectivity index (χ2n) is 8.69. The Morgan fingerprint density at radius 3 is 1.80 bits per heavy atom. The summed E-state index contributed by atoms with van der Waals surface area (Å²) in [6.45, 7) is 8.64. The van der Waals surface area contributed by atoms with Crippen molar-refractivity contribution < 1.29 is 9.59 Å². The van der Waals surface area contributed by atoms with Crippen molar-refractivity contribution in [2.45, 2.75) is 52.4 Å². The molecular weight excluding hydrogens is 380 g/mol. The van der Waals surface area contributed by atoms with Gasteiger partial charge >= 0.3 is 0 Å². The molecule has 2 saturated heterocycles. The molecular formula is C22H36N6O2. The van der Waals surface area contributed by atoms with E-state index in [1.807, 2.05) is 0 Å². The van der Waals surface area contributed by atoms with Gasteiger partial charge in [-0.25, -0.2) is 9.97 Å². The highest BCUT2D eigenvalue weighted by Crippen LogP contribution is 2.28. The number of nitrogens with zero attached hydrogens (tertiary/aromatic N) is 4. The van der Waals surface area contributed by atoms with Gasteiger partial charge in [-0.3, -0.25) is 9.59 Å². The van der Waals surface area contributed by atoms with Gasteiger partial charge in [0.1, 0.15) is 18.0 Å². The Hall–Kier alpha value is -2.38.